The van der Waals surface area contributed by atoms with Crippen LogP contribution >= 0.6 is 24.0 Å². The molecule has 27 heavy (non-hydrogen) atoms. The van der Waals surface area contributed by atoms with Gasteiger partial charge in [0, 0.05) is 12.6 Å². The fraction of sp³-hybridized carbons (Fsp3) is 0.200. The smallest absolute Gasteiger partial charge is 0.265 e. The predicted molar refractivity (Wildman–Crippen MR) is 111 cm³/mol. The standard InChI is InChI=1S/C20H19NO4S2/c1-21-19(22)18(27-20(21)26)13-14-7-3-4-8-15(14)24-11-12-25-17-10-6-5-9-16(17)23-2/h3-10,13H,11-12H2,1-2H3/b18-13-. The van der Waals surface area contributed by atoms with E-state index >= 15 is 0 Å². The number of nitrogens with zero attached hydrogens (tertiary/aromatic N) is 1. The van der Waals surface area contributed by atoms with E-state index in [1.54, 1.807) is 20.2 Å². The van der Waals surface area contributed by atoms with Gasteiger partial charge in [-0.1, -0.05) is 54.3 Å². The number of carbonyl (C=O) groups excluding carboxylic acids is 1. The van der Waals surface area contributed by atoms with Crippen molar-refractivity contribution >= 4 is 40.3 Å². The molecule has 0 radical (unpaired) electrons. The number of ether oxygens (including phenoxy) is 3. The van der Waals surface area contributed by atoms with Crippen LogP contribution in [-0.2, 0) is 4.79 Å². The van der Waals surface area contributed by atoms with Crippen molar-refractivity contribution in [1.29, 1.82) is 0 Å². The van der Waals surface area contributed by atoms with Gasteiger partial charge in [-0.15, -0.1) is 0 Å². The summed E-state index contributed by atoms with van der Waals surface area (Å²) in [5.41, 5.74) is 0.823. The SMILES string of the molecule is COc1ccccc1OCCOc1ccccc1/C=C1\SC(=S)N(C)C1=O. The zero-order valence-electron chi connectivity index (χ0n) is 15.0. The van der Waals surface area contributed by atoms with Gasteiger partial charge in [0.2, 0.25) is 0 Å². The number of para-hydroxylation sites is 3. The Morgan fingerprint density at radius 1 is 1.00 bits per heavy atom. The molecule has 1 amide bonds. The number of thioether (sulfide) groups is 1. The number of hydrogen-bond donors (Lipinski definition) is 0. The molecule has 1 saturated heterocycles. The maximum Gasteiger partial charge on any atom is 0.265 e. The molecular weight excluding hydrogens is 382 g/mol. The number of benzene rings is 2. The average molecular weight is 402 g/mol. The first-order valence-electron chi connectivity index (χ1n) is 8.29. The zero-order chi connectivity index (χ0) is 19.2. The molecule has 1 fully saturated rings. The lowest BCUT2D eigenvalue weighted by Crippen LogP contribution is -2.22. The summed E-state index contributed by atoms with van der Waals surface area (Å²) < 4.78 is 17.4. The molecule has 3 rings (SSSR count). The maximum absolute atomic E-state index is 12.2. The highest BCUT2D eigenvalue weighted by molar-refractivity contribution is 8.26. The number of hydrogen-bond acceptors (Lipinski definition) is 6. The Morgan fingerprint density at radius 2 is 1.59 bits per heavy atom. The van der Waals surface area contributed by atoms with E-state index in [9.17, 15) is 4.79 Å². The molecule has 1 heterocycles. The van der Waals surface area contributed by atoms with Crippen LogP contribution in [0.3, 0.4) is 0 Å². The van der Waals surface area contributed by atoms with Gasteiger partial charge in [0.05, 0.1) is 12.0 Å². The van der Waals surface area contributed by atoms with Crippen LogP contribution in [0.4, 0.5) is 0 Å². The molecule has 0 aliphatic carbocycles. The lowest BCUT2D eigenvalue weighted by molar-refractivity contribution is -0.121. The highest BCUT2D eigenvalue weighted by Gasteiger charge is 2.28. The van der Waals surface area contributed by atoms with E-state index in [0.717, 1.165) is 5.56 Å². The molecule has 0 spiro atoms. The Balaban J connectivity index is 1.63. The van der Waals surface area contributed by atoms with E-state index < -0.39 is 0 Å². The van der Waals surface area contributed by atoms with Gasteiger partial charge < -0.3 is 14.2 Å². The lowest BCUT2D eigenvalue weighted by atomic mass is 10.2. The van der Waals surface area contributed by atoms with Crippen LogP contribution in [0.1, 0.15) is 5.56 Å². The van der Waals surface area contributed by atoms with Crippen molar-refractivity contribution in [2.45, 2.75) is 0 Å². The van der Waals surface area contributed by atoms with Gasteiger partial charge in [0.15, 0.2) is 11.5 Å². The fourth-order valence-corrected chi connectivity index (χ4v) is 3.63. The summed E-state index contributed by atoms with van der Waals surface area (Å²) in [5.74, 6) is 1.94. The second-order valence-corrected chi connectivity index (χ2v) is 7.30. The Hall–Kier alpha value is -2.51. The van der Waals surface area contributed by atoms with Crippen molar-refractivity contribution < 1.29 is 19.0 Å². The number of amides is 1. The first-order chi connectivity index (χ1) is 13.1. The second-order valence-electron chi connectivity index (χ2n) is 5.63. The van der Waals surface area contributed by atoms with E-state index in [0.29, 0.717) is 39.7 Å². The Labute approximate surface area is 167 Å². The molecule has 5 nitrogen and oxygen atoms in total. The maximum atomic E-state index is 12.2. The quantitative estimate of drug-likeness (QED) is 0.397. The fourth-order valence-electron chi connectivity index (χ4n) is 2.46. The Morgan fingerprint density at radius 3 is 2.22 bits per heavy atom. The number of methoxy groups -OCH3 is 1. The lowest BCUT2D eigenvalue weighted by Gasteiger charge is -2.12. The molecule has 1 aliphatic rings. The first-order valence-corrected chi connectivity index (χ1v) is 9.52. The van der Waals surface area contributed by atoms with Crippen LogP contribution in [0.5, 0.6) is 17.2 Å². The minimum atomic E-state index is -0.0979. The molecule has 2 aromatic carbocycles. The summed E-state index contributed by atoms with van der Waals surface area (Å²) in [6.07, 6.45) is 1.80. The van der Waals surface area contributed by atoms with E-state index in [1.165, 1.54) is 16.7 Å². The number of rotatable bonds is 7. The monoisotopic (exact) mass is 401 g/mol. The van der Waals surface area contributed by atoms with Gasteiger partial charge in [-0.2, -0.15) is 0 Å². The molecule has 0 N–H and O–H groups in total. The summed E-state index contributed by atoms with van der Waals surface area (Å²) in [6.45, 7) is 0.726. The van der Waals surface area contributed by atoms with E-state index in [-0.39, 0.29) is 5.91 Å². The number of carbonyl (C=O) groups is 1. The molecule has 0 unspecified atom stereocenters. The predicted octanol–water partition coefficient (Wildman–Crippen LogP) is 3.98. The van der Waals surface area contributed by atoms with Crippen LogP contribution in [0.2, 0.25) is 0 Å². The third-order valence-corrected chi connectivity index (χ3v) is 5.34. The van der Waals surface area contributed by atoms with Crippen LogP contribution < -0.4 is 14.2 Å². The molecule has 0 bridgehead atoms. The van der Waals surface area contributed by atoms with Crippen LogP contribution in [0.15, 0.2) is 53.4 Å². The molecule has 7 heteroatoms. The van der Waals surface area contributed by atoms with Crippen molar-refractivity contribution in [2.75, 3.05) is 27.4 Å². The molecule has 1 aliphatic heterocycles. The van der Waals surface area contributed by atoms with E-state index in [1.807, 2.05) is 48.5 Å². The minimum absolute atomic E-state index is 0.0979. The largest absolute Gasteiger partial charge is 0.493 e. The van der Waals surface area contributed by atoms with Crippen molar-refractivity contribution in [3.63, 3.8) is 0 Å². The summed E-state index contributed by atoms with van der Waals surface area (Å²) in [4.78, 5) is 14.2. The highest BCUT2D eigenvalue weighted by Crippen LogP contribution is 2.33. The van der Waals surface area contributed by atoms with Crippen LogP contribution in [0.25, 0.3) is 6.08 Å². The van der Waals surface area contributed by atoms with Crippen molar-refractivity contribution in [3.8, 4) is 17.2 Å². The topological polar surface area (TPSA) is 48.0 Å². The van der Waals surface area contributed by atoms with Crippen LogP contribution in [0, 0.1) is 0 Å². The molecular formula is C20H19NO4S2. The van der Waals surface area contributed by atoms with Gasteiger partial charge in [0.25, 0.3) is 5.91 Å². The Bertz CT molecular complexity index is 882. The van der Waals surface area contributed by atoms with Crippen molar-refractivity contribution in [2.24, 2.45) is 0 Å². The summed E-state index contributed by atoms with van der Waals surface area (Å²) in [5, 5.41) is 0. The van der Waals surface area contributed by atoms with Gasteiger partial charge in [0.1, 0.15) is 23.3 Å². The molecule has 0 atom stereocenters. The summed E-state index contributed by atoms with van der Waals surface area (Å²) >= 11 is 6.46. The Kier molecular flexibility index (Phi) is 6.36. The van der Waals surface area contributed by atoms with Crippen LogP contribution in [-0.4, -0.2) is 42.5 Å². The van der Waals surface area contributed by atoms with E-state index in [2.05, 4.69) is 0 Å². The summed E-state index contributed by atoms with van der Waals surface area (Å²) in [7, 11) is 3.28. The zero-order valence-corrected chi connectivity index (χ0v) is 16.6. The van der Waals surface area contributed by atoms with Gasteiger partial charge in [-0.3, -0.25) is 9.69 Å². The number of likely N-dealkylation sites (N-methyl/N-ethyl adjacent to an activating group) is 1. The van der Waals surface area contributed by atoms with Gasteiger partial charge in [-0.05, 0) is 24.3 Å². The molecule has 140 valence electrons. The van der Waals surface area contributed by atoms with Crippen molar-refractivity contribution in [3.05, 3.63) is 59.0 Å². The summed E-state index contributed by atoms with van der Waals surface area (Å²) in [6, 6.07) is 15.0. The van der Waals surface area contributed by atoms with Gasteiger partial charge in [-0.25, -0.2) is 0 Å². The minimum Gasteiger partial charge on any atom is -0.493 e. The number of thiocarbonyl (C=S) groups is 1. The molecule has 0 saturated carbocycles. The molecule has 2 aromatic rings. The van der Waals surface area contributed by atoms with Gasteiger partial charge >= 0.3 is 0 Å². The van der Waals surface area contributed by atoms with Crippen molar-refractivity contribution in [1.82, 2.24) is 4.90 Å². The average Bonchev–Trinajstić information content (AvgIpc) is 2.93. The highest BCUT2D eigenvalue weighted by atomic mass is 32.2. The third kappa shape index (κ3) is 4.61. The normalized spacial score (nSPS) is 15.3. The first kappa shape index (κ1) is 19.3. The third-order valence-electron chi connectivity index (χ3n) is 3.86. The molecule has 0 aromatic heterocycles. The van der Waals surface area contributed by atoms with E-state index in [4.69, 9.17) is 26.4 Å². The second kappa shape index (κ2) is 8.92.